The average Bonchev–Trinajstić information content (AvgIpc) is 1.81. The predicted molar refractivity (Wildman–Crippen MR) is 47.4 cm³/mol. The molecule has 0 aliphatic heterocycles. The van der Waals surface area contributed by atoms with Crippen LogP contribution in [0.15, 0.2) is 11.6 Å². The fourth-order valence-electron chi connectivity index (χ4n) is 0.658. The molecule has 0 amide bonds. The van der Waals surface area contributed by atoms with Crippen molar-refractivity contribution in [3.8, 4) is 0 Å². The number of allylic oxidation sites excluding steroid dienone is 2. The monoisotopic (exact) mass is 204 g/mol. The maximum Gasteiger partial charge on any atom is 0.156 e. The summed E-state index contributed by atoms with van der Waals surface area (Å²) in [5, 5.41) is 0.667. The van der Waals surface area contributed by atoms with Crippen molar-refractivity contribution < 1.29 is 4.79 Å². The zero-order valence-electron chi connectivity index (χ0n) is 6.65. The van der Waals surface area contributed by atoms with Crippen LogP contribution in [0.1, 0.15) is 20.8 Å². The Morgan fingerprint density at radius 3 is 2.20 bits per heavy atom. The molecule has 1 nitrogen and oxygen atoms in total. The molecule has 0 unspecified atom stereocenters. The van der Waals surface area contributed by atoms with E-state index in [4.69, 9.17) is 0 Å². The summed E-state index contributed by atoms with van der Waals surface area (Å²) in [5.74, 6) is 0.613. The van der Waals surface area contributed by atoms with E-state index < -0.39 is 0 Å². The Hall–Kier alpha value is -0.110. The van der Waals surface area contributed by atoms with E-state index in [-0.39, 0.29) is 5.78 Å². The highest BCUT2D eigenvalue weighted by Gasteiger charge is 2.01. The van der Waals surface area contributed by atoms with E-state index in [0.717, 1.165) is 5.57 Å². The second kappa shape index (κ2) is 4.67. The number of halogens is 1. The normalized spacial score (nSPS) is 12.3. The van der Waals surface area contributed by atoms with Gasteiger partial charge in [-0.2, -0.15) is 0 Å². The number of hydrogen-bond acceptors (Lipinski definition) is 1. The van der Waals surface area contributed by atoms with Crippen LogP contribution in [-0.2, 0) is 4.79 Å². The van der Waals surface area contributed by atoms with E-state index >= 15 is 0 Å². The Bertz CT molecular complexity index is 147. The van der Waals surface area contributed by atoms with Gasteiger partial charge in [0.1, 0.15) is 0 Å². The number of carbonyl (C=O) groups excluding carboxylic acids is 1. The van der Waals surface area contributed by atoms with Crippen LogP contribution < -0.4 is 0 Å². The van der Waals surface area contributed by atoms with Gasteiger partial charge in [-0.15, -0.1) is 0 Å². The van der Waals surface area contributed by atoms with Crippen molar-refractivity contribution in [2.45, 2.75) is 20.8 Å². The van der Waals surface area contributed by atoms with Crippen molar-refractivity contribution >= 4 is 21.7 Å². The molecule has 0 spiro atoms. The van der Waals surface area contributed by atoms with Crippen LogP contribution in [0.5, 0.6) is 0 Å². The molecule has 0 saturated carbocycles. The van der Waals surface area contributed by atoms with Gasteiger partial charge in [0.05, 0.1) is 0 Å². The molecule has 0 N–H and O–H groups in total. The first-order valence-electron chi connectivity index (χ1n) is 3.35. The van der Waals surface area contributed by atoms with Crippen molar-refractivity contribution in [3.63, 3.8) is 0 Å². The minimum Gasteiger partial charge on any atom is -0.295 e. The lowest BCUT2D eigenvalue weighted by Gasteiger charge is -1.99. The van der Waals surface area contributed by atoms with Gasteiger partial charge in [0.25, 0.3) is 0 Å². The molecule has 2 heteroatoms. The van der Waals surface area contributed by atoms with Gasteiger partial charge in [0.15, 0.2) is 5.78 Å². The van der Waals surface area contributed by atoms with Crippen molar-refractivity contribution in [2.75, 3.05) is 5.33 Å². The second-order valence-electron chi connectivity index (χ2n) is 2.63. The Kier molecular flexibility index (Phi) is 4.62. The van der Waals surface area contributed by atoms with Crippen molar-refractivity contribution in [1.82, 2.24) is 0 Å². The molecule has 0 radical (unpaired) electrons. The van der Waals surface area contributed by atoms with Crippen LogP contribution in [0, 0.1) is 5.92 Å². The Morgan fingerprint density at radius 2 is 2.10 bits per heavy atom. The van der Waals surface area contributed by atoms with Gasteiger partial charge in [-0.1, -0.05) is 35.9 Å². The fraction of sp³-hybridized carbons (Fsp3) is 0.625. The van der Waals surface area contributed by atoms with E-state index in [9.17, 15) is 4.79 Å². The van der Waals surface area contributed by atoms with Gasteiger partial charge >= 0.3 is 0 Å². The third-order valence-corrected chi connectivity index (χ3v) is 1.73. The van der Waals surface area contributed by atoms with E-state index in [1.807, 2.05) is 6.08 Å². The van der Waals surface area contributed by atoms with Crippen molar-refractivity contribution in [1.29, 1.82) is 0 Å². The van der Waals surface area contributed by atoms with E-state index in [2.05, 4.69) is 29.8 Å². The maximum absolute atomic E-state index is 10.8. The molecule has 0 atom stereocenters. The second-order valence-corrected chi connectivity index (χ2v) is 3.19. The smallest absolute Gasteiger partial charge is 0.156 e. The SMILES string of the molecule is CC(=O)/C(=C/C(C)C)CBr. The molecular weight excluding hydrogens is 192 g/mol. The first kappa shape index (κ1) is 9.89. The van der Waals surface area contributed by atoms with Crippen molar-refractivity contribution in [3.05, 3.63) is 11.6 Å². The largest absolute Gasteiger partial charge is 0.295 e. The summed E-state index contributed by atoms with van der Waals surface area (Å²) >= 11 is 3.26. The molecular formula is C8H13BrO. The molecule has 0 saturated heterocycles. The van der Waals surface area contributed by atoms with Crippen LogP contribution in [0.2, 0.25) is 0 Å². The van der Waals surface area contributed by atoms with Crippen LogP contribution in [0.4, 0.5) is 0 Å². The number of alkyl halides is 1. The molecule has 0 aliphatic rings. The highest BCUT2D eigenvalue weighted by atomic mass is 79.9. The van der Waals surface area contributed by atoms with Gasteiger partial charge in [-0.25, -0.2) is 0 Å². The summed E-state index contributed by atoms with van der Waals surface area (Å²) in [7, 11) is 0. The summed E-state index contributed by atoms with van der Waals surface area (Å²) in [6.45, 7) is 5.71. The highest BCUT2D eigenvalue weighted by Crippen LogP contribution is 2.06. The lowest BCUT2D eigenvalue weighted by atomic mass is 10.1. The first-order valence-corrected chi connectivity index (χ1v) is 4.47. The number of Topliss-reactive ketones (excluding diaryl/α,β-unsaturated/α-hetero) is 1. The molecule has 0 rings (SSSR count). The Labute approximate surface area is 70.6 Å². The Morgan fingerprint density at radius 1 is 1.60 bits per heavy atom. The van der Waals surface area contributed by atoms with E-state index in [0.29, 0.717) is 11.2 Å². The van der Waals surface area contributed by atoms with Crippen molar-refractivity contribution in [2.24, 2.45) is 5.92 Å². The summed E-state index contributed by atoms with van der Waals surface area (Å²) < 4.78 is 0. The van der Waals surface area contributed by atoms with E-state index in [1.54, 1.807) is 6.92 Å². The minimum absolute atomic E-state index is 0.158. The van der Waals surface area contributed by atoms with Gasteiger partial charge in [0, 0.05) is 10.9 Å². The molecule has 0 bridgehead atoms. The summed E-state index contributed by atoms with van der Waals surface area (Å²) in [4.78, 5) is 10.8. The first-order chi connectivity index (χ1) is 4.57. The standard InChI is InChI=1S/C8H13BrO/c1-6(2)4-8(5-9)7(3)10/h4,6H,5H2,1-3H3/b8-4+. The summed E-state index contributed by atoms with van der Waals surface area (Å²) in [5.41, 5.74) is 0.870. The lowest BCUT2D eigenvalue weighted by Crippen LogP contribution is -1.99. The van der Waals surface area contributed by atoms with Gasteiger partial charge in [-0.3, -0.25) is 4.79 Å². The van der Waals surface area contributed by atoms with E-state index in [1.165, 1.54) is 0 Å². The molecule has 0 fully saturated rings. The molecule has 0 heterocycles. The van der Waals surface area contributed by atoms with Crippen LogP contribution in [-0.4, -0.2) is 11.1 Å². The molecule has 0 aromatic carbocycles. The average molecular weight is 205 g/mol. The van der Waals surface area contributed by atoms with Gasteiger partial charge in [0.2, 0.25) is 0 Å². The number of carbonyl (C=O) groups is 1. The highest BCUT2D eigenvalue weighted by molar-refractivity contribution is 9.09. The van der Waals surface area contributed by atoms with Crippen LogP contribution >= 0.6 is 15.9 Å². The zero-order valence-corrected chi connectivity index (χ0v) is 8.23. The molecule has 0 aromatic heterocycles. The van der Waals surface area contributed by atoms with Gasteiger partial charge < -0.3 is 0 Å². The topological polar surface area (TPSA) is 17.1 Å². The number of ketones is 1. The quantitative estimate of drug-likeness (QED) is 0.511. The fourth-order valence-corrected chi connectivity index (χ4v) is 1.24. The van der Waals surface area contributed by atoms with Gasteiger partial charge in [-0.05, 0) is 12.8 Å². The third-order valence-electron chi connectivity index (χ3n) is 1.13. The summed E-state index contributed by atoms with van der Waals surface area (Å²) in [6.07, 6.45) is 1.98. The number of rotatable bonds is 3. The maximum atomic E-state index is 10.8. The number of hydrogen-bond donors (Lipinski definition) is 0. The third kappa shape index (κ3) is 3.83. The molecule has 10 heavy (non-hydrogen) atoms. The molecule has 58 valence electrons. The predicted octanol–water partition coefficient (Wildman–Crippen LogP) is 2.55. The van der Waals surface area contributed by atoms with Crippen LogP contribution in [0.25, 0.3) is 0 Å². The Balaban J connectivity index is 4.19. The lowest BCUT2D eigenvalue weighted by molar-refractivity contribution is -0.113. The molecule has 0 aliphatic carbocycles. The molecule has 0 aromatic rings. The zero-order chi connectivity index (χ0) is 8.15. The summed E-state index contributed by atoms with van der Waals surface area (Å²) in [6, 6.07) is 0. The minimum atomic E-state index is 0.158. The van der Waals surface area contributed by atoms with Crippen LogP contribution in [0.3, 0.4) is 0 Å².